The predicted molar refractivity (Wildman–Crippen MR) is 49.5 cm³/mol. The van der Waals surface area contributed by atoms with Crippen molar-refractivity contribution in [2.45, 2.75) is 36.8 Å². The monoisotopic (exact) mass is 206 g/mol. The van der Waals surface area contributed by atoms with Crippen LogP contribution in [0.1, 0.15) is 6.92 Å². The standard InChI is InChI=1S/C8H18N2O4/c1-4-5(12)6(13)7(14)8(2-9,3-11)10-4/h4-7,10-14H,2-3,9H2,1H3. The third-order valence-electron chi connectivity index (χ3n) is 2.91. The highest BCUT2D eigenvalue weighted by molar-refractivity contribution is 5.07. The van der Waals surface area contributed by atoms with Gasteiger partial charge in [0.2, 0.25) is 0 Å². The first-order valence-corrected chi connectivity index (χ1v) is 4.61. The van der Waals surface area contributed by atoms with Crippen LogP contribution < -0.4 is 11.1 Å². The molecular formula is C8H18N2O4. The van der Waals surface area contributed by atoms with Crippen molar-refractivity contribution in [3.8, 4) is 0 Å². The average Bonchev–Trinajstić information content (AvgIpc) is 2.21. The predicted octanol–water partition coefficient (Wildman–Crippen LogP) is -3.25. The second-order valence-electron chi connectivity index (χ2n) is 3.88. The zero-order valence-electron chi connectivity index (χ0n) is 8.09. The van der Waals surface area contributed by atoms with E-state index in [1.807, 2.05) is 0 Å². The van der Waals surface area contributed by atoms with Gasteiger partial charge in [0.15, 0.2) is 0 Å². The molecule has 6 nitrogen and oxygen atoms in total. The van der Waals surface area contributed by atoms with Crippen molar-refractivity contribution in [2.24, 2.45) is 5.73 Å². The molecule has 0 aliphatic carbocycles. The summed E-state index contributed by atoms with van der Waals surface area (Å²) in [7, 11) is 0. The normalized spacial score (nSPS) is 49.3. The summed E-state index contributed by atoms with van der Waals surface area (Å²) in [5, 5.41) is 40.6. The van der Waals surface area contributed by atoms with E-state index in [0.717, 1.165) is 0 Å². The van der Waals surface area contributed by atoms with E-state index in [9.17, 15) is 15.3 Å². The molecule has 1 heterocycles. The fraction of sp³-hybridized carbons (Fsp3) is 1.00. The minimum absolute atomic E-state index is 0.0151. The molecule has 0 radical (unpaired) electrons. The summed E-state index contributed by atoms with van der Waals surface area (Å²) in [6.45, 7) is 1.25. The maximum absolute atomic E-state index is 9.66. The van der Waals surface area contributed by atoms with Crippen LogP contribution in [0.4, 0.5) is 0 Å². The number of nitrogens with one attached hydrogen (secondary N) is 1. The molecule has 1 saturated heterocycles. The first-order valence-electron chi connectivity index (χ1n) is 4.61. The fourth-order valence-corrected chi connectivity index (χ4v) is 1.82. The maximum Gasteiger partial charge on any atom is 0.109 e. The molecule has 0 aromatic heterocycles. The van der Waals surface area contributed by atoms with Gasteiger partial charge >= 0.3 is 0 Å². The van der Waals surface area contributed by atoms with Gasteiger partial charge < -0.3 is 31.5 Å². The van der Waals surface area contributed by atoms with Gasteiger partial charge in [0.1, 0.15) is 12.2 Å². The minimum Gasteiger partial charge on any atom is -0.394 e. The van der Waals surface area contributed by atoms with Gasteiger partial charge in [-0.25, -0.2) is 0 Å². The highest BCUT2D eigenvalue weighted by Crippen LogP contribution is 2.23. The van der Waals surface area contributed by atoms with Gasteiger partial charge in [0.25, 0.3) is 0 Å². The van der Waals surface area contributed by atoms with E-state index in [4.69, 9.17) is 10.8 Å². The zero-order chi connectivity index (χ0) is 10.9. The third kappa shape index (κ3) is 1.65. The molecule has 7 N–H and O–H groups in total. The van der Waals surface area contributed by atoms with E-state index in [-0.39, 0.29) is 6.54 Å². The number of piperidine rings is 1. The third-order valence-corrected chi connectivity index (χ3v) is 2.91. The van der Waals surface area contributed by atoms with Crippen LogP contribution in [0.5, 0.6) is 0 Å². The van der Waals surface area contributed by atoms with Crippen molar-refractivity contribution in [1.82, 2.24) is 5.32 Å². The average molecular weight is 206 g/mol. The van der Waals surface area contributed by atoms with Crippen LogP contribution in [0.2, 0.25) is 0 Å². The Morgan fingerprint density at radius 2 is 1.86 bits per heavy atom. The van der Waals surface area contributed by atoms with Crippen molar-refractivity contribution < 1.29 is 20.4 Å². The highest BCUT2D eigenvalue weighted by atomic mass is 16.4. The molecule has 5 unspecified atom stereocenters. The first-order chi connectivity index (χ1) is 6.48. The number of hydrogen-bond donors (Lipinski definition) is 6. The second kappa shape index (κ2) is 4.09. The Balaban J connectivity index is 2.88. The molecule has 84 valence electrons. The Morgan fingerprint density at radius 1 is 1.29 bits per heavy atom. The number of aliphatic hydroxyl groups is 4. The fourth-order valence-electron chi connectivity index (χ4n) is 1.82. The Morgan fingerprint density at radius 3 is 2.29 bits per heavy atom. The minimum atomic E-state index is -1.29. The molecule has 5 atom stereocenters. The summed E-state index contributed by atoms with van der Waals surface area (Å²) < 4.78 is 0. The zero-order valence-corrected chi connectivity index (χ0v) is 8.09. The van der Waals surface area contributed by atoms with E-state index in [1.165, 1.54) is 0 Å². The van der Waals surface area contributed by atoms with Crippen molar-refractivity contribution >= 4 is 0 Å². The van der Waals surface area contributed by atoms with Gasteiger partial charge in [-0.2, -0.15) is 0 Å². The largest absolute Gasteiger partial charge is 0.394 e. The summed E-state index contributed by atoms with van der Waals surface area (Å²) in [5.41, 5.74) is 4.31. The van der Waals surface area contributed by atoms with Gasteiger partial charge in [0, 0.05) is 12.6 Å². The number of hydrogen-bond acceptors (Lipinski definition) is 6. The molecule has 0 aromatic carbocycles. The van der Waals surface area contributed by atoms with Crippen LogP contribution in [-0.4, -0.2) is 63.5 Å². The lowest BCUT2D eigenvalue weighted by atomic mass is 9.80. The van der Waals surface area contributed by atoms with E-state index in [2.05, 4.69) is 5.32 Å². The molecule has 1 aliphatic heterocycles. The van der Waals surface area contributed by atoms with Crippen molar-refractivity contribution in [1.29, 1.82) is 0 Å². The van der Waals surface area contributed by atoms with Crippen molar-refractivity contribution in [3.05, 3.63) is 0 Å². The van der Waals surface area contributed by atoms with Crippen molar-refractivity contribution in [3.63, 3.8) is 0 Å². The summed E-state index contributed by atoms with van der Waals surface area (Å²) in [5.74, 6) is 0. The Bertz CT molecular complexity index is 198. The van der Waals surface area contributed by atoms with Gasteiger partial charge in [0.05, 0.1) is 18.2 Å². The van der Waals surface area contributed by atoms with Gasteiger partial charge in [-0.15, -0.1) is 0 Å². The molecule has 14 heavy (non-hydrogen) atoms. The molecule has 0 spiro atoms. The molecule has 0 amide bonds. The van der Waals surface area contributed by atoms with Crippen LogP contribution in [0.25, 0.3) is 0 Å². The molecule has 0 bridgehead atoms. The van der Waals surface area contributed by atoms with Crippen LogP contribution >= 0.6 is 0 Å². The molecule has 0 saturated carbocycles. The first kappa shape index (κ1) is 11.8. The lowest BCUT2D eigenvalue weighted by molar-refractivity contribution is -0.145. The number of nitrogens with two attached hydrogens (primary N) is 1. The van der Waals surface area contributed by atoms with E-state index >= 15 is 0 Å². The summed E-state index contributed by atoms with van der Waals surface area (Å²) in [4.78, 5) is 0. The van der Waals surface area contributed by atoms with Gasteiger partial charge in [-0.3, -0.25) is 0 Å². The Kier molecular flexibility index (Phi) is 3.46. The molecule has 0 aromatic rings. The smallest absolute Gasteiger partial charge is 0.109 e. The molecule has 1 fully saturated rings. The molecule has 1 rings (SSSR count). The molecule has 1 aliphatic rings. The van der Waals surface area contributed by atoms with Crippen LogP contribution in [0, 0.1) is 0 Å². The molecular weight excluding hydrogens is 188 g/mol. The van der Waals surface area contributed by atoms with E-state index in [1.54, 1.807) is 6.92 Å². The van der Waals surface area contributed by atoms with Gasteiger partial charge in [-0.1, -0.05) is 0 Å². The lowest BCUT2D eigenvalue weighted by Crippen LogP contribution is -2.75. The van der Waals surface area contributed by atoms with Gasteiger partial charge in [-0.05, 0) is 6.92 Å². The summed E-state index contributed by atoms with van der Waals surface area (Å²) in [6.07, 6.45) is -3.62. The highest BCUT2D eigenvalue weighted by Gasteiger charge is 2.49. The molecule has 6 heteroatoms. The second-order valence-corrected chi connectivity index (χ2v) is 3.88. The quantitative estimate of drug-likeness (QED) is 0.282. The summed E-state index contributed by atoms with van der Waals surface area (Å²) in [6, 6.07) is -0.427. The maximum atomic E-state index is 9.66. The van der Waals surface area contributed by atoms with Crippen LogP contribution in [0.15, 0.2) is 0 Å². The number of aliphatic hydroxyl groups excluding tert-OH is 4. The summed E-state index contributed by atoms with van der Waals surface area (Å²) >= 11 is 0. The van der Waals surface area contributed by atoms with Crippen molar-refractivity contribution in [2.75, 3.05) is 13.2 Å². The Hall–Kier alpha value is -0.240. The van der Waals surface area contributed by atoms with Crippen LogP contribution in [-0.2, 0) is 0 Å². The Labute approximate surface area is 82.4 Å². The van der Waals surface area contributed by atoms with E-state index < -0.39 is 36.5 Å². The van der Waals surface area contributed by atoms with Crippen LogP contribution in [0.3, 0.4) is 0 Å². The van der Waals surface area contributed by atoms with E-state index in [0.29, 0.717) is 0 Å². The SMILES string of the molecule is CC1NC(CN)(CO)C(O)C(O)C1O. The topological polar surface area (TPSA) is 119 Å². The lowest BCUT2D eigenvalue weighted by Gasteiger charge is -2.47. The number of rotatable bonds is 2.